The molecule has 0 bridgehead atoms. The highest BCUT2D eigenvalue weighted by Crippen LogP contribution is 2.38. The van der Waals surface area contributed by atoms with E-state index in [1.165, 1.54) is 7.11 Å². The number of esters is 1. The Morgan fingerprint density at radius 3 is 2.34 bits per heavy atom. The van der Waals surface area contributed by atoms with Crippen molar-refractivity contribution in [1.82, 2.24) is 10.3 Å². The molecule has 1 aromatic heterocycles. The predicted molar refractivity (Wildman–Crippen MR) is 111 cm³/mol. The quantitative estimate of drug-likeness (QED) is 0.539. The maximum atomic E-state index is 12.4. The summed E-state index contributed by atoms with van der Waals surface area (Å²) in [5, 5.41) is 4.38. The molecule has 0 fully saturated rings. The van der Waals surface area contributed by atoms with Gasteiger partial charge in [-0.2, -0.15) is 0 Å². The zero-order valence-electron chi connectivity index (χ0n) is 17.1. The van der Waals surface area contributed by atoms with Crippen LogP contribution in [0.25, 0.3) is 10.9 Å². The van der Waals surface area contributed by atoms with Gasteiger partial charge < -0.3 is 29.2 Å². The molecule has 0 saturated carbocycles. The molecule has 154 valence electrons. The standard InChI is InChI=1S/C22H26N2O5/c1-26-19-9-14(10-20(27-2)21(19)28-3)12-23-18(22(25)29-4)11-15-13-24-17-8-6-5-7-16(15)17/h5-10,13,18,23-24H,11-12H2,1-4H3/t18-/m0/s1. The van der Waals surface area contributed by atoms with Crippen molar-refractivity contribution in [3.8, 4) is 17.2 Å². The Hall–Kier alpha value is -3.19. The van der Waals surface area contributed by atoms with E-state index in [-0.39, 0.29) is 5.97 Å². The minimum atomic E-state index is -0.502. The third kappa shape index (κ3) is 4.46. The Kier molecular flexibility index (Phi) is 6.61. The molecule has 1 heterocycles. The second kappa shape index (κ2) is 9.34. The number of rotatable bonds is 9. The van der Waals surface area contributed by atoms with Crippen molar-refractivity contribution in [3.05, 3.63) is 53.7 Å². The van der Waals surface area contributed by atoms with Crippen LogP contribution < -0.4 is 19.5 Å². The lowest BCUT2D eigenvalue weighted by Gasteiger charge is -2.18. The molecular formula is C22H26N2O5. The lowest BCUT2D eigenvalue weighted by atomic mass is 10.0. The van der Waals surface area contributed by atoms with Gasteiger partial charge in [-0.15, -0.1) is 0 Å². The number of fused-ring (bicyclic) bond motifs is 1. The van der Waals surface area contributed by atoms with Crippen LogP contribution in [0.4, 0.5) is 0 Å². The van der Waals surface area contributed by atoms with Crippen LogP contribution in [-0.4, -0.2) is 45.4 Å². The van der Waals surface area contributed by atoms with E-state index < -0.39 is 6.04 Å². The summed E-state index contributed by atoms with van der Waals surface area (Å²) in [6, 6.07) is 11.2. The molecule has 0 amide bonds. The van der Waals surface area contributed by atoms with E-state index in [2.05, 4.69) is 10.3 Å². The van der Waals surface area contributed by atoms with Crippen molar-refractivity contribution in [1.29, 1.82) is 0 Å². The molecule has 0 unspecified atom stereocenters. The van der Waals surface area contributed by atoms with E-state index >= 15 is 0 Å². The van der Waals surface area contributed by atoms with E-state index in [4.69, 9.17) is 18.9 Å². The van der Waals surface area contributed by atoms with Crippen molar-refractivity contribution < 1.29 is 23.7 Å². The first-order chi connectivity index (χ1) is 14.1. The van der Waals surface area contributed by atoms with Crippen molar-refractivity contribution in [2.45, 2.75) is 19.0 Å². The molecule has 0 radical (unpaired) electrons. The van der Waals surface area contributed by atoms with Gasteiger partial charge in [0.1, 0.15) is 6.04 Å². The minimum absolute atomic E-state index is 0.317. The number of nitrogens with one attached hydrogen (secondary N) is 2. The maximum Gasteiger partial charge on any atom is 0.323 e. The Balaban J connectivity index is 1.80. The first-order valence-electron chi connectivity index (χ1n) is 9.26. The van der Waals surface area contributed by atoms with Gasteiger partial charge in [-0.05, 0) is 29.3 Å². The van der Waals surface area contributed by atoms with Gasteiger partial charge in [-0.3, -0.25) is 4.79 Å². The van der Waals surface area contributed by atoms with Crippen molar-refractivity contribution in [2.24, 2.45) is 0 Å². The van der Waals surface area contributed by atoms with Gasteiger partial charge in [0.15, 0.2) is 11.5 Å². The lowest BCUT2D eigenvalue weighted by molar-refractivity contribution is -0.143. The molecular weight excluding hydrogens is 372 g/mol. The third-order valence-electron chi connectivity index (χ3n) is 4.86. The minimum Gasteiger partial charge on any atom is -0.493 e. The maximum absolute atomic E-state index is 12.4. The van der Waals surface area contributed by atoms with Gasteiger partial charge in [0.25, 0.3) is 0 Å². The van der Waals surface area contributed by atoms with Gasteiger partial charge in [0.2, 0.25) is 5.75 Å². The molecule has 2 N–H and O–H groups in total. The van der Waals surface area contributed by atoms with Crippen molar-refractivity contribution in [3.63, 3.8) is 0 Å². The molecule has 0 spiro atoms. The second-order valence-electron chi connectivity index (χ2n) is 6.55. The van der Waals surface area contributed by atoms with E-state index in [1.807, 2.05) is 42.6 Å². The summed E-state index contributed by atoms with van der Waals surface area (Å²) in [5.74, 6) is 1.34. The van der Waals surface area contributed by atoms with E-state index in [0.29, 0.717) is 30.2 Å². The summed E-state index contributed by atoms with van der Waals surface area (Å²) in [6.45, 7) is 0.429. The number of hydrogen-bond acceptors (Lipinski definition) is 6. The Bertz CT molecular complexity index is 957. The van der Waals surface area contributed by atoms with Crippen LogP contribution in [-0.2, 0) is 22.5 Å². The Morgan fingerprint density at radius 1 is 1.03 bits per heavy atom. The molecule has 7 heteroatoms. The van der Waals surface area contributed by atoms with Crippen LogP contribution in [0.5, 0.6) is 17.2 Å². The molecule has 29 heavy (non-hydrogen) atoms. The average molecular weight is 398 g/mol. The number of aromatic amines is 1. The van der Waals surface area contributed by atoms with Gasteiger partial charge >= 0.3 is 5.97 Å². The second-order valence-corrected chi connectivity index (χ2v) is 6.55. The van der Waals surface area contributed by atoms with Gasteiger partial charge in [-0.1, -0.05) is 18.2 Å². The molecule has 0 aliphatic rings. The lowest BCUT2D eigenvalue weighted by Crippen LogP contribution is -2.39. The largest absolute Gasteiger partial charge is 0.493 e. The summed E-state index contributed by atoms with van der Waals surface area (Å²) in [7, 11) is 6.10. The molecule has 1 atom stereocenters. The normalized spacial score (nSPS) is 11.9. The molecule has 0 aliphatic heterocycles. The zero-order chi connectivity index (χ0) is 20.8. The number of hydrogen-bond donors (Lipinski definition) is 2. The van der Waals surface area contributed by atoms with E-state index in [9.17, 15) is 4.79 Å². The number of benzene rings is 2. The van der Waals surface area contributed by atoms with Crippen molar-refractivity contribution >= 4 is 16.9 Å². The smallest absolute Gasteiger partial charge is 0.323 e. The number of H-pyrrole nitrogens is 1. The first-order valence-corrected chi connectivity index (χ1v) is 9.26. The Morgan fingerprint density at radius 2 is 1.72 bits per heavy atom. The number of methoxy groups -OCH3 is 4. The van der Waals surface area contributed by atoms with Gasteiger partial charge in [-0.25, -0.2) is 0 Å². The topological polar surface area (TPSA) is 81.8 Å². The summed E-state index contributed by atoms with van der Waals surface area (Å²) in [6.07, 6.45) is 2.43. The highest BCUT2D eigenvalue weighted by atomic mass is 16.5. The van der Waals surface area contributed by atoms with E-state index in [0.717, 1.165) is 22.0 Å². The predicted octanol–water partition coefficient (Wildman–Crippen LogP) is 3.07. The average Bonchev–Trinajstić information content (AvgIpc) is 3.17. The van der Waals surface area contributed by atoms with Crippen molar-refractivity contribution in [2.75, 3.05) is 28.4 Å². The number of ether oxygens (including phenoxy) is 4. The number of para-hydroxylation sites is 1. The summed E-state index contributed by atoms with van der Waals surface area (Å²) >= 11 is 0. The van der Waals surface area contributed by atoms with Crippen LogP contribution in [0, 0.1) is 0 Å². The number of carbonyl (C=O) groups excluding carboxylic acids is 1. The Labute approximate surface area is 169 Å². The van der Waals surface area contributed by atoms with Crippen LogP contribution in [0.2, 0.25) is 0 Å². The molecule has 0 saturated heterocycles. The van der Waals surface area contributed by atoms with Crippen LogP contribution in [0.15, 0.2) is 42.6 Å². The summed E-state index contributed by atoms with van der Waals surface area (Å²) in [5.41, 5.74) is 2.98. The highest BCUT2D eigenvalue weighted by Gasteiger charge is 2.21. The van der Waals surface area contributed by atoms with Crippen LogP contribution in [0.3, 0.4) is 0 Å². The molecule has 7 nitrogen and oxygen atoms in total. The summed E-state index contributed by atoms with van der Waals surface area (Å²) in [4.78, 5) is 15.6. The summed E-state index contributed by atoms with van der Waals surface area (Å²) < 4.78 is 21.2. The molecule has 0 aliphatic carbocycles. The highest BCUT2D eigenvalue weighted by molar-refractivity contribution is 5.84. The zero-order valence-corrected chi connectivity index (χ0v) is 17.1. The third-order valence-corrected chi connectivity index (χ3v) is 4.86. The fraction of sp³-hybridized carbons (Fsp3) is 0.318. The fourth-order valence-corrected chi connectivity index (χ4v) is 3.38. The molecule has 3 aromatic rings. The fourth-order valence-electron chi connectivity index (χ4n) is 3.38. The number of aromatic nitrogens is 1. The number of carbonyl (C=O) groups is 1. The molecule has 2 aromatic carbocycles. The van der Waals surface area contributed by atoms with Crippen LogP contribution in [0.1, 0.15) is 11.1 Å². The van der Waals surface area contributed by atoms with Crippen LogP contribution >= 0.6 is 0 Å². The molecule has 3 rings (SSSR count). The monoisotopic (exact) mass is 398 g/mol. The SMILES string of the molecule is COC(=O)[C@H](Cc1c[nH]c2ccccc12)NCc1cc(OC)c(OC)c(OC)c1. The van der Waals surface area contributed by atoms with Gasteiger partial charge in [0.05, 0.1) is 28.4 Å². The van der Waals surface area contributed by atoms with Gasteiger partial charge in [0, 0.05) is 30.1 Å². The first kappa shape index (κ1) is 20.5. The van der Waals surface area contributed by atoms with E-state index in [1.54, 1.807) is 21.3 Å².